The lowest BCUT2D eigenvalue weighted by Gasteiger charge is -2.08. The highest BCUT2D eigenvalue weighted by molar-refractivity contribution is 7.16. The minimum absolute atomic E-state index is 0.0397. The first-order valence-corrected chi connectivity index (χ1v) is 9.29. The van der Waals surface area contributed by atoms with Gasteiger partial charge in [-0.2, -0.15) is 0 Å². The molecule has 0 fully saturated rings. The van der Waals surface area contributed by atoms with Crippen molar-refractivity contribution in [1.29, 1.82) is 0 Å². The zero-order valence-electron chi connectivity index (χ0n) is 15.6. The smallest absolute Gasteiger partial charge is 0.293 e. The average Bonchev–Trinajstić information content (AvgIpc) is 3.21. The van der Waals surface area contributed by atoms with E-state index in [1.807, 2.05) is 6.07 Å². The van der Waals surface area contributed by atoms with Crippen molar-refractivity contribution in [2.45, 2.75) is 13.8 Å². The van der Waals surface area contributed by atoms with Crippen molar-refractivity contribution in [3.8, 4) is 12.3 Å². The quantitative estimate of drug-likeness (QED) is 0.395. The summed E-state index contributed by atoms with van der Waals surface area (Å²) in [4.78, 5) is 41.6. The Kier molecular flexibility index (Phi) is 5.29. The third-order valence-corrected chi connectivity index (χ3v) is 5.33. The minimum atomic E-state index is -0.796. The number of Topliss-reactive ketones (excluding diaryl/α,β-unsaturated/α-hetero) is 1. The highest BCUT2D eigenvalue weighted by Crippen LogP contribution is 2.25. The van der Waals surface area contributed by atoms with E-state index in [0.717, 1.165) is 10.2 Å². The number of benzene rings is 1. The van der Waals surface area contributed by atoms with E-state index >= 15 is 0 Å². The van der Waals surface area contributed by atoms with Crippen LogP contribution >= 0.6 is 11.3 Å². The number of amides is 2. The maximum atomic E-state index is 12.9. The summed E-state index contributed by atoms with van der Waals surface area (Å²) in [6.07, 6.45) is 5.11. The molecule has 0 spiro atoms. The molecule has 0 saturated carbocycles. The normalized spacial score (nSPS) is 10.5. The van der Waals surface area contributed by atoms with E-state index in [1.54, 1.807) is 43.1 Å². The summed E-state index contributed by atoms with van der Waals surface area (Å²) in [6.45, 7) is 3.29. The van der Waals surface area contributed by atoms with Gasteiger partial charge in [-0.25, -0.2) is 4.98 Å². The largest absolute Gasteiger partial charge is 0.343 e. The number of thiazole rings is 1. The molecule has 8 heteroatoms. The maximum Gasteiger partial charge on any atom is 0.293 e. The van der Waals surface area contributed by atoms with Gasteiger partial charge in [-0.1, -0.05) is 5.92 Å². The topological polar surface area (TPSA) is 93.1 Å². The van der Waals surface area contributed by atoms with E-state index in [4.69, 9.17) is 6.42 Å². The Morgan fingerprint density at radius 1 is 1.29 bits per heavy atom. The van der Waals surface area contributed by atoms with Gasteiger partial charge in [0.25, 0.3) is 17.6 Å². The van der Waals surface area contributed by atoms with Crippen LogP contribution in [0.15, 0.2) is 23.7 Å². The first-order chi connectivity index (χ1) is 13.3. The Labute approximate surface area is 165 Å². The van der Waals surface area contributed by atoms with Crippen LogP contribution in [0.4, 0.5) is 5.69 Å². The summed E-state index contributed by atoms with van der Waals surface area (Å²) < 4.78 is 2.63. The van der Waals surface area contributed by atoms with Gasteiger partial charge < -0.3 is 15.2 Å². The van der Waals surface area contributed by atoms with Crippen LogP contribution in [0.25, 0.3) is 10.2 Å². The lowest BCUT2D eigenvalue weighted by molar-refractivity contribution is -0.116. The molecule has 2 aromatic heterocycles. The first kappa shape index (κ1) is 19.3. The molecule has 28 heavy (non-hydrogen) atoms. The molecule has 0 aliphatic rings. The van der Waals surface area contributed by atoms with E-state index in [-0.39, 0.29) is 18.0 Å². The van der Waals surface area contributed by atoms with E-state index in [1.165, 1.54) is 11.3 Å². The monoisotopic (exact) mass is 394 g/mol. The van der Waals surface area contributed by atoms with Crippen molar-refractivity contribution in [3.05, 3.63) is 46.2 Å². The van der Waals surface area contributed by atoms with Crippen LogP contribution in [0.2, 0.25) is 0 Å². The van der Waals surface area contributed by atoms with Crippen LogP contribution < -0.4 is 10.6 Å². The molecular formula is C20H18N4O3S. The highest BCUT2D eigenvalue weighted by Gasteiger charge is 2.28. The predicted molar refractivity (Wildman–Crippen MR) is 109 cm³/mol. The molecule has 2 heterocycles. The number of terminal acetylenes is 1. The van der Waals surface area contributed by atoms with E-state index in [0.29, 0.717) is 22.6 Å². The Morgan fingerprint density at radius 3 is 2.75 bits per heavy atom. The summed E-state index contributed by atoms with van der Waals surface area (Å²) >= 11 is 1.52. The average molecular weight is 394 g/mol. The molecule has 1 aromatic carbocycles. The fraction of sp³-hybridized carbons (Fsp3) is 0.200. The second-order valence-corrected chi connectivity index (χ2v) is 7.08. The van der Waals surface area contributed by atoms with Crippen LogP contribution in [-0.2, 0) is 11.8 Å². The van der Waals surface area contributed by atoms with Gasteiger partial charge in [-0.3, -0.25) is 14.4 Å². The summed E-state index contributed by atoms with van der Waals surface area (Å²) in [7, 11) is 1.68. The minimum Gasteiger partial charge on any atom is -0.343 e. The Hall–Kier alpha value is -3.44. The van der Waals surface area contributed by atoms with E-state index in [2.05, 4.69) is 21.5 Å². The number of carbonyl (C=O) groups excluding carboxylic acids is 3. The van der Waals surface area contributed by atoms with Crippen molar-refractivity contribution >= 4 is 44.8 Å². The number of nitrogens with zero attached hydrogens (tertiary/aromatic N) is 2. The van der Waals surface area contributed by atoms with Crippen LogP contribution in [0.1, 0.15) is 32.1 Å². The number of anilines is 1. The number of rotatable bonds is 5. The molecule has 3 rings (SSSR count). The van der Waals surface area contributed by atoms with Crippen LogP contribution in [0, 0.1) is 26.2 Å². The van der Waals surface area contributed by atoms with Gasteiger partial charge >= 0.3 is 0 Å². The molecule has 0 saturated heterocycles. The van der Waals surface area contributed by atoms with Gasteiger partial charge in [0.1, 0.15) is 5.69 Å². The molecule has 2 amide bonds. The summed E-state index contributed by atoms with van der Waals surface area (Å²) in [5.74, 6) is 0.360. The molecule has 0 radical (unpaired) electrons. The summed E-state index contributed by atoms with van der Waals surface area (Å²) in [5.41, 5.74) is 4.61. The second-order valence-electron chi connectivity index (χ2n) is 6.20. The summed E-state index contributed by atoms with van der Waals surface area (Å²) in [6, 6.07) is 5.47. The number of aromatic nitrogens is 2. The van der Waals surface area contributed by atoms with E-state index < -0.39 is 11.7 Å². The molecule has 3 aromatic rings. The van der Waals surface area contributed by atoms with Crippen molar-refractivity contribution in [2.75, 3.05) is 11.9 Å². The van der Waals surface area contributed by atoms with Crippen molar-refractivity contribution in [2.24, 2.45) is 7.05 Å². The standard InChI is InChI=1S/C20H18N4O3S/c1-5-8-21-20(27)18(25)16-11(2)17(24(4)12(16)3)19(26)23-13-6-7-15-14(9-13)22-10-28-15/h1,6-7,9-10H,8H2,2-4H3,(H,21,27)(H,23,26). The number of hydrogen-bond acceptors (Lipinski definition) is 5. The molecule has 0 aliphatic heterocycles. The summed E-state index contributed by atoms with van der Waals surface area (Å²) in [5, 5.41) is 5.19. The number of ketones is 1. The number of carbonyl (C=O) groups is 3. The zero-order valence-corrected chi connectivity index (χ0v) is 16.4. The molecule has 0 unspecified atom stereocenters. The van der Waals surface area contributed by atoms with Gasteiger partial charge in [0, 0.05) is 18.4 Å². The van der Waals surface area contributed by atoms with Crippen molar-refractivity contribution in [1.82, 2.24) is 14.9 Å². The SMILES string of the molecule is C#CCNC(=O)C(=O)c1c(C)c(C(=O)Nc2ccc3scnc3c2)n(C)c1C. The Morgan fingerprint density at radius 2 is 2.04 bits per heavy atom. The molecule has 7 nitrogen and oxygen atoms in total. The maximum absolute atomic E-state index is 12.9. The fourth-order valence-corrected chi connectivity index (χ4v) is 3.74. The fourth-order valence-electron chi connectivity index (χ4n) is 3.08. The molecular weight excluding hydrogens is 376 g/mol. The highest BCUT2D eigenvalue weighted by atomic mass is 32.1. The number of fused-ring (bicyclic) bond motifs is 1. The second kappa shape index (κ2) is 7.66. The molecule has 0 aliphatic carbocycles. The lowest BCUT2D eigenvalue weighted by Crippen LogP contribution is -2.31. The van der Waals surface area contributed by atoms with Crippen LogP contribution in [0.5, 0.6) is 0 Å². The van der Waals surface area contributed by atoms with Gasteiger partial charge in [-0.05, 0) is 37.6 Å². The molecule has 2 N–H and O–H groups in total. The van der Waals surface area contributed by atoms with Gasteiger partial charge in [-0.15, -0.1) is 17.8 Å². The Bertz CT molecular complexity index is 1150. The van der Waals surface area contributed by atoms with Crippen molar-refractivity contribution in [3.63, 3.8) is 0 Å². The first-order valence-electron chi connectivity index (χ1n) is 8.41. The predicted octanol–water partition coefficient (Wildman–Crippen LogP) is 2.44. The van der Waals surface area contributed by atoms with Crippen molar-refractivity contribution < 1.29 is 14.4 Å². The number of nitrogens with one attached hydrogen (secondary N) is 2. The third kappa shape index (κ3) is 3.40. The third-order valence-electron chi connectivity index (χ3n) is 4.52. The van der Waals surface area contributed by atoms with Gasteiger partial charge in [0.05, 0.1) is 27.8 Å². The lowest BCUT2D eigenvalue weighted by atomic mass is 10.0. The van der Waals surface area contributed by atoms with Crippen LogP contribution in [-0.4, -0.2) is 33.7 Å². The molecule has 142 valence electrons. The van der Waals surface area contributed by atoms with Gasteiger partial charge in [0.2, 0.25) is 0 Å². The zero-order chi connectivity index (χ0) is 20.4. The Balaban J connectivity index is 1.91. The molecule has 0 atom stereocenters. The van der Waals surface area contributed by atoms with E-state index in [9.17, 15) is 14.4 Å². The van der Waals surface area contributed by atoms with Gasteiger partial charge in [0.15, 0.2) is 0 Å². The van der Waals surface area contributed by atoms with Crippen LogP contribution in [0.3, 0.4) is 0 Å². The number of hydrogen-bond donors (Lipinski definition) is 2. The molecule has 0 bridgehead atoms.